The maximum atomic E-state index is 12.0. The molecule has 23 heavy (non-hydrogen) atoms. The van der Waals surface area contributed by atoms with Crippen LogP contribution in [0.1, 0.15) is 38.4 Å². The van der Waals surface area contributed by atoms with Gasteiger partial charge in [0.25, 0.3) is 0 Å². The summed E-state index contributed by atoms with van der Waals surface area (Å²) in [6.07, 6.45) is 5.78. The summed E-state index contributed by atoms with van der Waals surface area (Å²) >= 11 is 0. The van der Waals surface area contributed by atoms with Crippen LogP contribution < -0.4 is 10.6 Å². The topological polar surface area (TPSA) is 84.2 Å². The van der Waals surface area contributed by atoms with Crippen molar-refractivity contribution in [2.45, 2.75) is 50.4 Å². The monoisotopic (exact) mass is 454 g/mol. The molecule has 0 bridgehead atoms. The van der Waals surface area contributed by atoms with Crippen LogP contribution in [0.15, 0.2) is 11.3 Å². The molecule has 3 atom stereocenters. The van der Waals surface area contributed by atoms with Gasteiger partial charge in [-0.3, -0.25) is 13.9 Å². The predicted octanol–water partition coefficient (Wildman–Crippen LogP) is 1.18. The van der Waals surface area contributed by atoms with E-state index in [4.69, 9.17) is 0 Å². The molecule has 0 radical (unpaired) electrons. The van der Waals surface area contributed by atoms with E-state index in [2.05, 4.69) is 25.7 Å². The molecule has 1 heterocycles. The second kappa shape index (κ2) is 10.2. The van der Waals surface area contributed by atoms with Crippen molar-refractivity contribution < 1.29 is 4.21 Å². The predicted molar refractivity (Wildman–Crippen MR) is 104 cm³/mol. The maximum absolute atomic E-state index is 12.0. The summed E-state index contributed by atoms with van der Waals surface area (Å²) in [6.45, 7) is 2.57. The lowest BCUT2D eigenvalue weighted by Gasteiger charge is -2.30. The van der Waals surface area contributed by atoms with Gasteiger partial charge in [0.2, 0.25) is 0 Å². The van der Waals surface area contributed by atoms with Crippen LogP contribution in [0.25, 0.3) is 0 Å². The van der Waals surface area contributed by atoms with Gasteiger partial charge >= 0.3 is 0 Å². The number of aliphatic imine (C=N–C) groups is 1. The van der Waals surface area contributed by atoms with Crippen molar-refractivity contribution in [2.24, 2.45) is 12.0 Å². The van der Waals surface area contributed by atoms with Crippen LogP contribution in [0.3, 0.4) is 0 Å². The second-order valence-corrected chi connectivity index (χ2v) is 7.53. The molecule has 132 valence electrons. The van der Waals surface area contributed by atoms with E-state index in [1.807, 2.05) is 14.0 Å². The lowest BCUT2D eigenvalue weighted by atomic mass is 9.95. The highest BCUT2D eigenvalue weighted by Gasteiger charge is 2.26. The average molecular weight is 454 g/mol. The van der Waals surface area contributed by atoms with E-state index in [1.165, 1.54) is 0 Å². The Hall–Kier alpha value is -0.710. The molecule has 0 spiro atoms. The highest BCUT2D eigenvalue weighted by atomic mass is 127. The Morgan fingerprint density at radius 3 is 2.91 bits per heavy atom. The first kappa shape index (κ1) is 20.3. The van der Waals surface area contributed by atoms with Gasteiger partial charge < -0.3 is 10.6 Å². The van der Waals surface area contributed by atoms with Crippen molar-refractivity contribution in [3.05, 3.63) is 12.2 Å². The number of aromatic nitrogens is 3. The number of nitrogens with one attached hydrogen (secondary N) is 2. The largest absolute Gasteiger partial charge is 0.354 e. The third kappa shape index (κ3) is 6.02. The smallest absolute Gasteiger partial charge is 0.191 e. The third-order valence-corrected chi connectivity index (χ3v) is 5.81. The van der Waals surface area contributed by atoms with Gasteiger partial charge in [0.15, 0.2) is 5.96 Å². The molecule has 0 aromatic carbocycles. The van der Waals surface area contributed by atoms with Gasteiger partial charge in [-0.1, -0.05) is 13.3 Å². The molecule has 3 unspecified atom stereocenters. The summed E-state index contributed by atoms with van der Waals surface area (Å²) in [6, 6.07) is 0.333. The summed E-state index contributed by atoms with van der Waals surface area (Å²) in [7, 11) is 2.92. The highest BCUT2D eigenvalue weighted by molar-refractivity contribution is 14.0. The van der Waals surface area contributed by atoms with Crippen LogP contribution in [0.4, 0.5) is 0 Å². The van der Waals surface area contributed by atoms with Gasteiger partial charge in [0.1, 0.15) is 12.2 Å². The fourth-order valence-electron chi connectivity index (χ4n) is 2.78. The SMILES string of the molecule is CCS(=O)C1CCCC(NC(=NC)NCc2ncnn2C)C1.I. The molecule has 1 aromatic rings. The number of halogens is 1. The fourth-order valence-corrected chi connectivity index (χ4v) is 4.13. The number of nitrogens with zero attached hydrogens (tertiary/aromatic N) is 4. The van der Waals surface area contributed by atoms with Crippen LogP contribution in [-0.4, -0.2) is 49.0 Å². The summed E-state index contributed by atoms with van der Waals surface area (Å²) in [5, 5.41) is 11.1. The first-order valence-corrected chi connectivity index (χ1v) is 9.19. The molecule has 2 rings (SSSR count). The highest BCUT2D eigenvalue weighted by Crippen LogP contribution is 2.22. The normalized spacial score (nSPS) is 23.0. The quantitative estimate of drug-likeness (QED) is 0.397. The Balaban J connectivity index is 0.00000264. The maximum Gasteiger partial charge on any atom is 0.191 e. The van der Waals surface area contributed by atoms with Crippen molar-refractivity contribution in [3.63, 3.8) is 0 Å². The van der Waals surface area contributed by atoms with Crippen LogP contribution in [-0.2, 0) is 24.4 Å². The van der Waals surface area contributed by atoms with Crippen molar-refractivity contribution in [1.82, 2.24) is 25.4 Å². The van der Waals surface area contributed by atoms with E-state index in [9.17, 15) is 4.21 Å². The first-order chi connectivity index (χ1) is 10.6. The lowest BCUT2D eigenvalue weighted by Crippen LogP contribution is -2.46. The van der Waals surface area contributed by atoms with Gasteiger partial charge in [0.05, 0.1) is 6.54 Å². The van der Waals surface area contributed by atoms with E-state index in [0.29, 0.717) is 17.8 Å². The van der Waals surface area contributed by atoms with Gasteiger partial charge in [0, 0.05) is 41.9 Å². The minimum absolute atomic E-state index is 0. The zero-order chi connectivity index (χ0) is 15.9. The van der Waals surface area contributed by atoms with Gasteiger partial charge in [-0.05, 0) is 19.3 Å². The molecule has 1 saturated carbocycles. The molecule has 0 saturated heterocycles. The minimum Gasteiger partial charge on any atom is -0.354 e. The standard InChI is InChI=1S/C14H26N6OS.HI/c1-4-22(21)12-7-5-6-11(8-12)19-14(15-2)16-9-13-17-10-18-20(13)3;/h10-12H,4-9H2,1-3H3,(H2,15,16,19);1H. The molecular weight excluding hydrogens is 427 g/mol. The molecule has 0 amide bonds. The molecular formula is C14H27IN6OS. The number of rotatable bonds is 5. The van der Waals surface area contributed by atoms with Crippen LogP contribution >= 0.6 is 24.0 Å². The van der Waals surface area contributed by atoms with Crippen molar-refractivity contribution in [1.29, 1.82) is 0 Å². The molecule has 2 N–H and O–H groups in total. The number of aryl methyl sites for hydroxylation is 1. The van der Waals surface area contributed by atoms with Crippen LogP contribution in [0.2, 0.25) is 0 Å². The van der Waals surface area contributed by atoms with E-state index in [1.54, 1.807) is 18.1 Å². The number of guanidine groups is 1. The summed E-state index contributed by atoms with van der Waals surface area (Å²) < 4.78 is 13.7. The average Bonchev–Trinajstić information content (AvgIpc) is 2.96. The summed E-state index contributed by atoms with van der Waals surface area (Å²) in [5.41, 5.74) is 0. The van der Waals surface area contributed by atoms with E-state index < -0.39 is 10.8 Å². The molecule has 1 aromatic heterocycles. The Labute approximate surface area is 157 Å². The molecule has 1 aliphatic rings. The van der Waals surface area contributed by atoms with E-state index in [0.717, 1.165) is 43.2 Å². The van der Waals surface area contributed by atoms with Gasteiger partial charge in [-0.15, -0.1) is 24.0 Å². The lowest BCUT2D eigenvalue weighted by molar-refractivity contribution is 0.413. The molecule has 1 fully saturated rings. The second-order valence-electron chi connectivity index (χ2n) is 5.52. The zero-order valence-corrected chi connectivity index (χ0v) is 17.1. The van der Waals surface area contributed by atoms with Crippen molar-refractivity contribution in [2.75, 3.05) is 12.8 Å². The number of hydrogen-bond donors (Lipinski definition) is 2. The summed E-state index contributed by atoms with van der Waals surface area (Å²) in [4.78, 5) is 8.44. The van der Waals surface area contributed by atoms with Crippen LogP contribution in [0, 0.1) is 0 Å². The van der Waals surface area contributed by atoms with Crippen LogP contribution in [0.5, 0.6) is 0 Å². The Kier molecular flexibility index (Phi) is 9.03. The third-order valence-electron chi connectivity index (χ3n) is 4.07. The van der Waals surface area contributed by atoms with Gasteiger partial charge in [-0.2, -0.15) is 5.10 Å². The summed E-state index contributed by atoms with van der Waals surface area (Å²) in [5.74, 6) is 2.36. The molecule has 1 aliphatic carbocycles. The Morgan fingerprint density at radius 1 is 1.52 bits per heavy atom. The molecule has 7 nitrogen and oxygen atoms in total. The van der Waals surface area contributed by atoms with E-state index in [-0.39, 0.29) is 24.0 Å². The Morgan fingerprint density at radius 2 is 2.30 bits per heavy atom. The minimum atomic E-state index is -0.704. The number of hydrogen-bond acceptors (Lipinski definition) is 4. The van der Waals surface area contributed by atoms with Crippen molar-refractivity contribution >= 4 is 40.7 Å². The molecule has 9 heteroatoms. The zero-order valence-electron chi connectivity index (χ0n) is 14.0. The van der Waals surface area contributed by atoms with E-state index >= 15 is 0 Å². The Bertz CT molecular complexity index is 535. The first-order valence-electron chi connectivity index (χ1n) is 7.81. The van der Waals surface area contributed by atoms with Gasteiger partial charge in [-0.25, -0.2) is 4.98 Å². The fraction of sp³-hybridized carbons (Fsp3) is 0.786. The molecule has 0 aliphatic heterocycles. The van der Waals surface area contributed by atoms with Crippen molar-refractivity contribution in [3.8, 4) is 0 Å².